The summed E-state index contributed by atoms with van der Waals surface area (Å²) in [5.41, 5.74) is 1.83. The van der Waals surface area contributed by atoms with Gasteiger partial charge in [0, 0.05) is 40.7 Å². The van der Waals surface area contributed by atoms with Gasteiger partial charge in [-0.2, -0.15) is 0 Å². The molecule has 0 N–H and O–H groups in total. The van der Waals surface area contributed by atoms with Gasteiger partial charge in [0.25, 0.3) is 0 Å². The van der Waals surface area contributed by atoms with E-state index in [1.54, 1.807) is 0 Å². The maximum atomic E-state index is 12.5. The van der Waals surface area contributed by atoms with Crippen molar-refractivity contribution in [1.82, 2.24) is 4.57 Å². The third kappa shape index (κ3) is 2.17. The second-order valence-electron chi connectivity index (χ2n) is 4.69. The zero-order valence-corrected chi connectivity index (χ0v) is 11.8. The number of aromatic nitrogens is 1. The van der Waals surface area contributed by atoms with E-state index in [9.17, 15) is 4.79 Å². The van der Waals surface area contributed by atoms with E-state index < -0.39 is 0 Å². The van der Waals surface area contributed by atoms with Crippen LogP contribution in [0, 0.1) is 5.92 Å². The molecule has 0 aliphatic carbocycles. The summed E-state index contributed by atoms with van der Waals surface area (Å²) in [5, 5.41) is 1.70. The van der Waals surface area contributed by atoms with Crippen molar-refractivity contribution in [1.29, 1.82) is 0 Å². The lowest BCUT2D eigenvalue weighted by molar-refractivity contribution is 0.0915. The van der Waals surface area contributed by atoms with Crippen LogP contribution in [0.15, 0.2) is 24.4 Å². The van der Waals surface area contributed by atoms with Crippen LogP contribution in [0.3, 0.4) is 0 Å². The first-order valence-corrected chi connectivity index (χ1v) is 6.75. The van der Waals surface area contributed by atoms with Crippen molar-refractivity contribution in [3.63, 3.8) is 0 Å². The number of carbonyl (C=O) groups is 1. The van der Waals surface area contributed by atoms with Crippen molar-refractivity contribution in [2.24, 2.45) is 13.0 Å². The Kier molecular flexibility index (Phi) is 3.76. The van der Waals surface area contributed by atoms with Crippen molar-refractivity contribution >= 4 is 28.3 Å². The summed E-state index contributed by atoms with van der Waals surface area (Å²) >= 11 is 6.00. The minimum Gasteiger partial charge on any atom is -0.350 e. The molecule has 3 heteroatoms. The predicted molar refractivity (Wildman–Crippen MR) is 76.3 cm³/mol. The fourth-order valence-corrected chi connectivity index (χ4v) is 2.60. The molecule has 0 fully saturated rings. The maximum Gasteiger partial charge on any atom is 0.168 e. The van der Waals surface area contributed by atoms with Gasteiger partial charge in [0.05, 0.1) is 0 Å². The average Bonchev–Trinajstić information content (AvgIpc) is 2.68. The van der Waals surface area contributed by atoms with Crippen molar-refractivity contribution in [3.05, 3.63) is 35.0 Å². The van der Waals surface area contributed by atoms with Gasteiger partial charge >= 0.3 is 0 Å². The van der Waals surface area contributed by atoms with Crippen LogP contribution in [0.1, 0.15) is 37.0 Å². The second kappa shape index (κ2) is 5.15. The molecule has 0 saturated heterocycles. The number of aryl methyl sites for hydroxylation is 1. The smallest absolute Gasteiger partial charge is 0.168 e. The highest BCUT2D eigenvalue weighted by Gasteiger charge is 2.20. The second-order valence-corrected chi connectivity index (χ2v) is 5.13. The van der Waals surface area contributed by atoms with E-state index in [2.05, 4.69) is 13.8 Å². The summed E-state index contributed by atoms with van der Waals surface area (Å²) in [6.45, 7) is 4.13. The molecule has 2 aromatic rings. The van der Waals surface area contributed by atoms with E-state index in [1.807, 2.05) is 36.0 Å². The van der Waals surface area contributed by atoms with E-state index >= 15 is 0 Å². The Morgan fingerprint density at radius 3 is 2.61 bits per heavy atom. The van der Waals surface area contributed by atoms with Crippen LogP contribution in [0.5, 0.6) is 0 Å². The molecule has 0 saturated carbocycles. The highest BCUT2D eigenvalue weighted by molar-refractivity contribution is 6.31. The molecule has 0 spiro atoms. The van der Waals surface area contributed by atoms with E-state index in [0.717, 1.165) is 29.3 Å². The van der Waals surface area contributed by atoms with Crippen LogP contribution < -0.4 is 0 Å². The third-order valence-electron chi connectivity index (χ3n) is 3.57. The molecule has 0 aliphatic rings. The van der Waals surface area contributed by atoms with E-state index in [-0.39, 0.29) is 11.7 Å². The molecule has 0 aliphatic heterocycles. The number of carbonyl (C=O) groups excluding carboxylic acids is 1. The summed E-state index contributed by atoms with van der Waals surface area (Å²) in [6.07, 6.45) is 3.69. The van der Waals surface area contributed by atoms with Gasteiger partial charge in [-0.25, -0.2) is 0 Å². The molecule has 18 heavy (non-hydrogen) atoms. The molecule has 0 bridgehead atoms. The largest absolute Gasteiger partial charge is 0.350 e. The first-order valence-electron chi connectivity index (χ1n) is 6.37. The zero-order chi connectivity index (χ0) is 13.3. The maximum absolute atomic E-state index is 12.5. The molecule has 1 aromatic carbocycles. The van der Waals surface area contributed by atoms with Gasteiger partial charge in [-0.3, -0.25) is 4.79 Å². The quantitative estimate of drug-likeness (QED) is 0.747. The fraction of sp³-hybridized carbons (Fsp3) is 0.400. The number of fused-ring (bicyclic) bond motifs is 1. The monoisotopic (exact) mass is 263 g/mol. The molecule has 0 radical (unpaired) electrons. The van der Waals surface area contributed by atoms with Crippen molar-refractivity contribution < 1.29 is 4.79 Å². The van der Waals surface area contributed by atoms with Gasteiger partial charge in [0.1, 0.15) is 0 Å². The number of ketones is 1. The predicted octanol–water partition coefficient (Wildman–Crippen LogP) is 4.45. The van der Waals surface area contributed by atoms with E-state index in [0.29, 0.717) is 5.02 Å². The lowest BCUT2D eigenvalue weighted by atomic mass is 9.93. The van der Waals surface area contributed by atoms with Gasteiger partial charge in [0.15, 0.2) is 5.78 Å². The zero-order valence-electron chi connectivity index (χ0n) is 11.0. The Balaban J connectivity index is 2.55. The number of hydrogen-bond acceptors (Lipinski definition) is 1. The van der Waals surface area contributed by atoms with Crippen LogP contribution in [0.2, 0.25) is 5.02 Å². The summed E-state index contributed by atoms with van der Waals surface area (Å²) in [4.78, 5) is 12.5. The summed E-state index contributed by atoms with van der Waals surface area (Å²) in [7, 11) is 1.95. The Bertz CT molecular complexity index is 581. The molecule has 1 aromatic heterocycles. The molecule has 2 rings (SSSR count). The van der Waals surface area contributed by atoms with Gasteiger partial charge in [-0.15, -0.1) is 0 Å². The lowest BCUT2D eigenvalue weighted by Crippen LogP contribution is -2.12. The van der Waals surface area contributed by atoms with Crippen molar-refractivity contribution in [2.45, 2.75) is 26.7 Å². The van der Waals surface area contributed by atoms with Crippen LogP contribution in [0.25, 0.3) is 10.9 Å². The number of halogens is 1. The molecule has 1 heterocycles. The lowest BCUT2D eigenvalue weighted by Gasteiger charge is -2.09. The van der Waals surface area contributed by atoms with Gasteiger partial charge < -0.3 is 4.57 Å². The Morgan fingerprint density at radius 2 is 2.00 bits per heavy atom. The first kappa shape index (κ1) is 13.2. The minimum absolute atomic E-state index is 0.117. The number of benzene rings is 1. The molecular weight excluding hydrogens is 246 g/mol. The van der Waals surface area contributed by atoms with Crippen molar-refractivity contribution in [3.8, 4) is 0 Å². The number of Topliss-reactive ketones (excluding diaryl/α,β-unsaturated/α-hetero) is 1. The number of nitrogens with zero attached hydrogens (tertiary/aromatic N) is 1. The summed E-state index contributed by atoms with van der Waals surface area (Å²) in [6, 6.07) is 5.68. The highest BCUT2D eigenvalue weighted by Crippen LogP contribution is 2.27. The van der Waals surface area contributed by atoms with Crippen LogP contribution in [-0.4, -0.2) is 10.4 Å². The van der Waals surface area contributed by atoms with Gasteiger partial charge in [0.2, 0.25) is 0 Å². The van der Waals surface area contributed by atoms with E-state index in [1.165, 1.54) is 0 Å². The number of rotatable bonds is 4. The average molecular weight is 264 g/mol. The Hall–Kier alpha value is -1.28. The molecular formula is C15H18ClNO. The molecule has 2 nitrogen and oxygen atoms in total. The third-order valence-corrected chi connectivity index (χ3v) is 3.81. The number of hydrogen-bond donors (Lipinski definition) is 0. The van der Waals surface area contributed by atoms with Crippen LogP contribution in [0.4, 0.5) is 0 Å². The molecule has 0 atom stereocenters. The van der Waals surface area contributed by atoms with Crippen molar-refractivity contribution in [2.75, 3.05) is 0 Å². The minimum atomic E-state index is 0.117. The summed E-state index contributed by atoms with van der Waals surface area (Å²) in [5.74, 6) is 0.360. The van der Waals surface area contributed by atoms with Crippen LogP contribution in [-0.2, 0) is 7.05 Å². The Labute approximate surface area is 113 Å². The normalized spacial score (nSPS) is 11.4. The first-order chi connectivity index (χ1) is 8.58. The standard InChI is InChI=1S/C15H18ClNO/c1-4-10(5-2)15(18)13-9-17(3)14-8-11(16)6-7-12(13)14/h6-10H,4-5H2,1-3H3. The SMILES string of the molecule is CCC(CC)C(=O)c1cn(C)c2cc(Cl)ccc12. The van der Waals surface area contributed by atoms with E-state index in [4.69, 9.17) is 11.6 Å². The summed E-state index contributed by atoms with van der Waals surface area (Å²) < 4.78 is 1.97. The highest BCUT2D eigenvalue weighted by atomic mass is 35.5. The molecule has 0 unspecified atom stereocenters. The topological polar surface area (TPSA) is 22.0 Å². The molecule has 96 valence electrons. The Morgan fingerprint density at radius 1 is 1.33 bits per heavy atom. The fourth-order valence-electron chi connectivity index (χ4n) is 2.43. The van der Waals surface area contributed by atoms with Crippen LogP contribution >= 0.6 is 11.6 Å². The van der Waals surface area contributed by atoms with Gasteiger partial charge in [-0.1, -0.05) is 31.5 Å². The molecule has 0 amide bonds. The van der Waals surface area contributed by atoms with Gasteiger partial charge in [-0.05, 0) is 25.0 Å².